The van der Waals surface area contributed by atoms with E-state index in [-0.39, 0.29) is 13.0 Å². The largest absolute Gasteiger partial charge is 0.493 e. The second kappa shape index (κ2) is 14.1. The fourth-order valence-corrected chi connectivity index (χ4v) is 3.39. The van der Waals surface area contributed by atoms with Crippen molar-refractivity contribution >= 4 is 18.0 Å². The molecule has 192 valence electrons. The van der Waals surface area contributed by atoms with E-state index in [0.29, 0.717) is 29.4 Å². The Morgan fingerprint density at radius 3 is 2.30 bits per heavy atom. The van der Waals surface area contributed by atoms with E-state index in [1.54, 1.807) is 24.3 Å². The zero-order chi connectivity index (χ0) is 26.5. The molecular formula is C30H30O7. The molecule has 1 unspecified atom stereocenters. The minimum atomic E-state index is -1.15. The Hall–Kier alpha value is -4.52. The third-order valence-electron chi connectivity index (χ3n) is 5.27. The highest BCUT2D eigenvalue weighted by Crippen LogP contribution is 2.28. The van der Waals surface area contributed by atoms with Crippen LogP contribution < -0.4 is 14.2 Å². The maximum Gasteiger partial charge on any atom is 0.348 e. The van der Waals surface area contributed by atoms with E-state index in [2.05, 4.69) is 6.58 Å². The van der Waals surface area contributed by atoms with Crippen LogP contribution in [0.5, 0.6) is 17.2 Å². The molecule has 3 aromatic carbocycles. The summed E-state index contributed by atoms with van der Waals surface area (Å²) in [5, 5.41) is 0. The molecular weight excluding hydrogens is 472 g/mol. The van der Waals surface area contributed by atoms with E-state index in [1.165, 1.54) is 26.4 Å². The number of esters is 2. The van der Waals surface area contributed by atoms with E-state index in [0.717, 1.165) is 11.1 Å². The number of carbonyl (C=O) groups excluding carboxylic acids is 2. The molecule has 0 aromatic heterocycles. The van der Waals surface area contributed by atoms with Gasteiger partial charge in [-0.05, 0) is 47.0 Å². The van der Waals surface area contributed by atoms with Crippen LogP contribution in [-0.4, -0.2) is 38.9 Å². The predicted octanol–water partition coefficient (Wildman–Crippen LogP) is 5.18. The lowest BCUT2D eigenvalue weighted by atomic mass is 10.1. The summed E-state index contributed by atoms with van der Waals surface area (Å²) in [4.78, 5) is 25.1. The van der Waals surface area contributed by atoms with Gasteiger partial charge < -0.3 is 23.7 Å². The lowest BCUT2D eigenvalue weighted by Crippen LogP contribution is -2.31. The fourth-order valence-electron chi connectivity index (χ4n) is 3.39. The molecule has 0 aliphatic heterocycles. The van der Waals surface area contributed by atoms with Crippen molar-refractivity contribution in [1.29, 1.82) is 0 Å². The highest BCUT2D eigenvalue weighted by atomic mass is 16.6. The Kier molecular flexibility index (Phi) is 10.3. The molecule has 0 saturated heterocycles. The number of hydrogen-bond donors (Lipinski definition) is 0. The predicted molar refractivity (Wildman–Crippen MR) is 141 cm³/mol. The summed E-state index contributed by atoms with van der Waals surface area (Å²) in [7, 11) is 3.05. The van der Waals surface area contributed by atoms with Crippen LogP contribution in [0.25, 0.3) is 6.08 Å². The third-order valence-corrected chi connectivity index (χ3v) is 5.27. The van der Waals surface area contributed by atoms with Crippen LogP contribution in [0, 0.1) is 0 Å². The third kappa shape index (κ3) is 8.58. The van der Waals surface area contributed by atoms with Crippen molar-refractivity contribution in [2.45, 2.75) is 19.1 Å². The Bertz CT molecular complexity index is 1200. The van der Waals surface area contributed by atoms with E-state index in [4.69, 9.17) is 23.7 Å². The summed E-state index contributed by atoms with van der Waals surface area (Å²) < 4.78 is 26.9. The molecule has 0 saturated carbocycles. The van der Waals surface area contributed by atoms with Crippen molar-refractivity contribution in [3.63, 3.8) is 0 Å². The van der Waals surface area contributed by atoms with Crippen molar-refractivity contribution in [3.8, 4) is 17.2 Å². The summed E-state index contributed by atoms with van der Waals surface area (Å²) in [5.74, 6) is 0.416. The maximum atomic E-state index is 12.6. The minimum Gasteiger partial charge on any atom is -0.493 e. The van der Waals surface area contributed by atoms with E-state index >= 15 is 0 Å². The average molecular weight is 503 g/mol. The molecule has 0 spiro atoms. The topological polar surface area (TPSA) is 80.3 Å². The zero-order valence-corrected chi connectivity index (χ0v) is 20.9. The molecule has 0 N–H and O–H groups in total. The van der Waals surface area contributed by atoms with Gasteiger partial charge >= 0.3 is 11.9 Å². The van der Waals surface area contributed by atoms with Gasteiger partial charge in [-0.3, -0.25) is 0 Å². The van der Waals surface area contributed by atoms with Gasteiger partial charge in [-0.2, -0.15) is 0 Å². The van der Waals surface area contributed by atoms with Crippen LogP contribution in [0.15, 0.2) is 91.5 Å². The van der Waals surface area contributed by atoms with Crippen molar-refractivity contribution in [3.05, 3.63) is 108 Å². The SMILES string of the molecule is C=CCOC(=O)C(Cc1ccc(OC)c(OC)c1)OC(=O)/C=C/c1ccc(OCc2ccccc2)cc1. The molecule has 37 heavy (non-hydrogen) atoms. The smallest absolute Gasteiger partial charge is 0.348 e. The number of benzene rings is 3. The van der Waals surface area contributed by atoms with Gasteiger partial charge in [0.25, 0.3) is 0 Å². The maximum absolute atomic E-state index is 12.6. The van der Waals surface area contributed by atoms with Crippen LogP contribution in [0.2, 0.25) is 0 Å². The highest BCUT2D eigenvalue weighted by molar-refractivity contribution is 5.89. The van der Waals surface area contributed by atoms with Crippen LogP contribution in [-0.2, 0) is 32.1 Å². The van der Waals surface area contributed by atoms with Gasteiger partial charge in [-0.25, -0.2) is 9.59 Å². The normalized spacial score (nSPS) is 11.4. The van der Waals surface area contributed by atoms with Crippen molar-refractivity contribution in [2.24, 2.45) is 0 Å². The Balaban J connectivity index is 1.62. The van der Waals surface area contributed by atoms with E-state index in [1.807, 2.05) is 54.6 Å². The molecule has 0 aliphatic carbocycles. The van der Waals surface area contributed by atoms with Gasteiger partial charge in [-0.15, -0.1) is 0 Å². The highest BCUT2D eigenvalue weighted by Gasteiger charge is 2.25. The van der Waals surface area contributed by atoms with Crippen molar-refractivity contribution in [2.75, 3.05) is 20.8 Å². The first-order chi connectivity index (χ1) is 18.0. The summed E-state index contributed by atoms with van der Waals surface area (Å²) in [6.45, 7) is 4.01. The lowest BCUT2D eigenvalue weighted by Gasteiger charge is -2.17. The average Bonchev–Trinajstić information content (AvgIpc) is 2.94. The Labute approximate surface area is 216 Å². The molecule has 0 fully saturated rings. The first-order valence-electron chi connectivity index (χ1n) is 11.7. The van der Waals surface area contributed by atoms with Crippen LogP contribution in [0.1, 0.15) is 16.7 Å². The Morgan fingerprint density at radius 2 is 1.62 bits per heavy atom. The second-order valence-corrected chi connectivity index (χ2v) is 7.91. The summed E-state index contributed by atoms with van der Waals surface area (Å²) in [6, 6.07) is 22.4. The van der Waals surface area contributed by atoms with Crippen molar-refractivity contribution < 1.29 is 33.3 Å². The first-order valence-corrected chi connectivity index (χ1v) is 11.7. The molecule has 3 rings (SSSR count). The minimum absolute atomic E-state index is 0.00729. The van der Waals surface area contributed by atoms with Crippen LogP contribution in [0.3, 0.4) is 0 Å². The summed E-state index contributed by atoms with van der Waals surface area (Å²) in [5.41, 5.74) is 2.55. The lowest BCUT2D eigenvalue weighted by molar-refractivity contribution is -0.164. The molecule has 0 bridgehead atoms. The van der Waals surface area contributed by atoms with Gasteiger partial charge in [0, 0.05) is 12.5 Å². The van der Waals surface area contributed by atoms with Gasteiger partial charge in [0.1, 0.15) is 19.0 Å². The molecule has 0 amide bonds. The monoisotopic (exact) mass is 502 g/mol. The second-order valence-electron chi connectivity index (χ2n) is 7.91. The van der Waals surface area contributed by atoms with Gasteiger partial charge in [-0.1, -0.05) is 61.2 Å². The number of rotatable bonds is 13. The molecule has 0 aliphatic rings. The fraction of sp³-hybridized carbons (Fsp3) is 0.200. The van der Waals surface area contributed by atoms with Gasteiger partial charge in [0.15, 0.2) is 11.5 Å². The molecule has 0 heterocycles. The van der Waals surface area contributed by atoms with Gasteiger partial charge in [0.05, 0.1) is 14.2 Å². The Morgan fingerprint density at radius 1 is 0.892 bits per heavy atom. The summed E-state index contributed by atoms with van der Waals surface area (Å²) >= 11 is 0. The number of hydrogen-bond acceptors (Lipinski definition) is 7. The number of carbonyl (C=O) groups is 2. The first kappa shape index (κ1) is 27.1. The van der Waals surface area contributed by atoms with Crippen LogP contribution >= 0.6 is 0 Å². The van der Waals surface area contributed by atoms with Gasteiger partial charge in [0.2, 0.25) is 6.10 Å². The molecule has 3 aromatic rings. The molecule has 7 nitrogen and oxygen atoms in total. The number of methoxy groups -OCH3 is 2. The summed E-state index contributed by atoms with van der Waals surface area (Å²) in [6.07, 6.45) is 3.27. The molecule has 7 heteroatoms. The molecule has 0 radical (unpaired) electrons. The van der Waals surface area contributed by atoms with E-state index in [9.17, 15) is 9.59 Å². The quantitative estimate of drug-likeness (QED) is 0.181. The number of ether oxygens (including phenoxy) is 5. The standard InChI is InChI=1S/C30H30O7/c1-4-18-35-30(32)28(20-24-12-16-26(33-2)27(19-24)34-3)37-29(31)17-13-22-10-14-25(15-11-22)36-21-23-8-6-5-7-9-23/h4-17,19,28H,1,18,20-21H2,2-3H3/b17-13+. The van der Waals surface area contributed by atoms with Crippen molar-refractivity contribution in [1.82, 2.24) is 0 Å². The zero-order valence-electron chi connectivity index (χ0n) is 20.9. The van der Waals surface area contributed by atoms with E-state index < -0.39 is 18.0 Å². The van der Waals surface area contributed by atoms with Crippen LogP contribution in [0.4, 0.5) is 0 Å². The molecule has 1 atom stereocenters.